The Bertz CT molecular complexity index is 718. The van der Waals surface area contributed by atoms with Gasteiger partial charge in [0.25, 0.3) is 0 Å². The van der Waals surface area contributed by atoms with Crippen molar-refractivity contribution < 1.29 is 0 Å². The Labute approximate surface area is 115 Å². The molecule has 0 aliphatic heterocycles. The number of aliphatic imine (C=N–C) groups is 1. The first-order valence-corrected chi connectivity index (χ1v) is 6.26. The topological polar surface area (TPSA) is 43.1 Å². The predicted molar refractivity (Wildman–Crippen MR) is 76.4 cm³/mol. The predicted octanol–water partition coefficient (Wildman–Crippen LogP) is 3.07. The molecule has 0 saturated heterocycles. The van der Waals surface area contributed by atoms with E-state index in [9.17, 15) is 0 Å². The van der Waals surface area contributed by atoms with Crippen LogP contribution in [0.25, 0.3) is 11.0 Å². The molecular formula is C14H11ClN4. The lowest BCUT2D eigenvalue weighted by Gasteiger charge is -2.00. The zero-order chi connectivity index (χ0) is 13.1. The third-order valence-electron chi connectivity index (χ3n) is 2.78. The van der Waals surface area contributed by atoms with Gasteiger partial charge in [-0.1, -0.05) is 59.3 Å². The SMILES string of the molecule is Cl/C(=N\Cn1nnc2ccccc21)c1ccccc1. The summed E-state index contributed by atoms with van der Waals surface area (Å²) >= 11 is 6.16. The summed E-state index contributed by atoms with van der Waals surface area (Å²) in [5, 5.41) is 8.60. The van der Waals surface area contributed by atoms with Crippen LogP contribution >= 0.6 is 11.6 Å². The largest absolute Gasteiger partial charge is 0.249 e. The number of aromatic nitrogens is 3. The zero-order valence-corrected chi connectivity index (χ0v) is 10.8. The van der Waals surface area contributed by atoms with Crippen LogP contribution in [0.5, 0.6) is 0 Å². The van der Waals surface area contributed by atoms with E-state index in [0.29, 0.717) is 11.8 Å². The summed E-state index contributed by atoms with van der Waals surface area (Å²) in [5.41, 5.74) is 2.70. The molecule has 2 aromatic carbocycles. The molecule has 0 N–H and O–H groups in total. The van der Waals surface area contributed by atoms with Crippen molar-refractivity contribution in [2.45, 2.75) is 6.67 Å². The number of hydrogen-bond acceptors (Lipinski definition) is 3. The van der Waals surface area contributed by atoms with Crippen molar-refractivity contribution in [3.8, 4) is 0 Å². The molecular weight excluding hydrogens is 260 g/mol. The van der Waals surface area contributed by atoms with E-state index in [-0.39, 0.29) is 0 Å². The van der Waals surface area contributed by atoms with E-state index in [1.807, 2.05) is 54.6 Å². The van der Waals surface area contributed by atoms with E-state index in [1.54, 1.807) is 4.68 Å². The molecule has 3 rings (SSSR count). The average Bonchev–Trinajstić information content (AvgIpc) is 2.89. The summed E-state index contributed by atoms with van der Waals surface area (Å²) in [7, 11) is 0. The third-order valence-corrected chi connectivity index (χ3v) is 3.11. The van der Waals surface area contributed by atoms with Crippen LogP contribution in [0.1, 0.15) is 5.56 Å². The van der Waals surface area contributed by atoms with Gasteiger partial charge >= 0.3 is 0 Å². The van der Waals surface area contributed by atoms with Crippen molar-refractivity contribution in [1.29, 1.82) is 0 Å². The highest BCUT2D eigenvalue weighted by Gasteiger charge is 2.03. The van der Waals surface area contributed by atoms with Crippen molar-refractivity contribution in [3.05, 3.63) is 60.2 Å². The van der Waals surface area contributed by atoms with Crippen molar-refractivity contribution in [2.24, 2.45) is 4.99 Å². The van der Waals surface area contributed by atoms with Crippen LogP contribution in [0.15, 0.2) is 59.6 Å². The number of fused-ring (bicyclic) bond motifs is 1. The second-order valence-electron chi connectivity index (χ2n) is 4.03. The molecule has 0 spiro atoms. The highest BCUT2D eigenvalue weighted by Crippen LogP contribution is 2.10. The Balaban J connectivity index is 1.86. The molecule has 0 fully saturated rings. The van der Waals surface area contributed by atoms with E-state index in [2.05, 4.69) is 15.3 Å². The number of hydrogen-bond donors (Lipinski definition) is 0. The van der Waals surface area contributed by atoms with Gasteiger partial charge in [0.2, 0.25) is 0 Å². The van der Waals surface area contributed by atoms with Gasteiger partial charge in [-0.15, -0.1) is 5.10 Å². The Kier molecular flexibility index (Phi) is 3.25. The molecule has 3 aromatic rings. The smallest absolute Gasteiger partial charge is 0.135 e. The Hall–Kier alpha value is -2.20. The minimum absolute atomic E-state index is 0.355. The van der Waals surface area contributed by atoms with Gasteiger partial charge in [0.15, 0.2) is 0 Å². The van der Waals surface area contributed by atoms with Gasteiger partial charge in [-0.2, -0.15) is 0 Å². The number of nitrogens with zero attached hydrogens (tertiary/aromatic N) is 4. The van der Waals surface area contributed by atoms with Crippen molar-refractivity contribution in [3.63, 3.8) is 0 Å². The monoisotopic (exact) mass is 270 g/mol. The molecule has 0 amide bonds. The molecule has 0 radical (unpaired) electrons. The average molecular weight is 271 g/mol. The minimum atomic E-state index is 0.355. The maximum Gasteiger partial charge on any atom is 0.135 e. The number of benzene rings is 2. The van der Waals surface area contributed by atoms with Crippen LogP contribution < -0.4 is 0 Å². The molecule has 0 atom stereocenters. The van der Waals surface area contributed by atoms with Crippen LogP contribution in [-0.4, -0.2) is 20.2 Å². The van der Waals surface area contributed by atoms with Crippen LogP contribution in [0.4, 0.5) is 0 Å². The summed E-state index contributed by atoms with van der Waals surface area (Å²) in [4.78, 5) is 4.33. The van der Waals surface area contributed by atoms with Gasteiger partial charge in [0.1, 0.15) is 17.4 Å². The first kappa shape index (κ1) is 11.9. The van der Waals surface area contributed by atoms with Crippen molar-refractivity contribution in [2.75, 3.05) is 0 Å². The molecule has 0 saturated carbocycles. The summed E-state index contributed by atoms with van der Waals surface area (Å²) < 4.78 is 1.72. The Morgan fingerprint density at radius 3 is 2.63 bits per heavy atom. The molecule has 0 aliphatic rings. The van der Waals surface area contributed by atoms with Crippen molar-refractivity contribution >= 4 is 27.8 Å². The van der Waals surface area contributed by atoms with Crippen molar-refractivity contribution in [1.82, 2.24) is 15.0 Å². The highest BCUT2D eigenvalue weighted by atomic mass is 35.5. The number of rotatable bonds is 3. The van der Waals surface area contributed by atoms with E-state index in [4.69, 9.17) is 11.6 Å². The molecule has 94 valence electrons. The molecule has 1 aromatic heterocycles. The molecule has 1 heterocycles. The van der Waals surface area contributed by atoms with Gasteiger partial charge in [-0.3, -0.25) is 0 Å². The van der Waals surface area contributed by atoms with E-state index in [1.165, 1.54) is 0 Å². The lowest BCUT2D eigenvalue weighted by Crippen LogP contribution is -2.01. The van der Waals surface area contributed by atoms with Crippen LogP contribution in [0.2, 0.25) is 0 Å². The quantitative estimate of drug-likeness (QED) is 0.687. The molecule has 0 bridgehead atoms. The first-order valence-electron chi connectivity index (χ1n) is 5.88. The van der Waals surface area contributed by atoms with Crippen LogP contribution in [0, 0.1) is 0 Å². The molecule has 19 heavy (non-hydrogen) atoms. The Morgan fingerprint density at radius 2 is 1.79 bits per heavy atom. The number of halogens is 1. The minimum Gasteiger partial charge on any atom is -0.249 e. The van der Waals surface area contributed by atoms with Gasteiger partial charge in [-0.05, 0) is 12.1 Å². The van der Waals surface area contributed by atoms with Gasteiger partial charge < -0.3 is 0 Å². The molecule has 0 unspecified atom stereocenters. The third kappa shape index (κ3) is 2.48. The summed E-state index contributed by atoms with van der Waals surface area (Å²) in [5.74, 6) is 0. The first-order chi connectivity index (χ1) is 9.34. The van der Waals surface area contributed by atoms with E-state index >= 15 is 0 Å². The summed E-state index contributed by atoms with van der Waals surface area (Å²) in [6, 6.07) is 17.4. The molecule has 5 heteroatoms. The fourth-order valence-corrected chi connectivity index (χ4v) is 2.00. The van der Waals surface area contributed by atoms with E-state index < -0.39 is 0 Å². The molecule has 0 aliphatic carbocycles. The normalized spacial score (nSPS) is 11.9. The second kappa shape index (κ2) is 5.20. The maximum absolute atomic E-state index is 6.16. The highest BCUT2D eigenvalue weighted by molar-refractivity contribution is 6.69. The Morgan fingerprint density at radius 1 is 1.05 bits per heavy atom. The van der Waals surface area contributed by atoms with E-state index in [0.717, 1.165) is 16.6 Å². The zero-order valence-electron chi connectivity index (χ0n) is 10.1. The lowest BCUT2D eigenvalue weighted by molar-refractivity contribution is 0.630. The second-order valence-corrected chi connectivity index (χ2v) is 4.39. The summed E-state index contributed by atoms with van der Waals surface area (Å²) in [6.07, 6.45) is 0. The standard InChI is InChI=1S/C14H11ClN4/c15-14(11-6-2-1-3-7-11)16-10-19-13-9-5-4-8-12(13)17-18-19/h1-9H,10H2/b16-14-. The lowest BCUT2D eigenvalue weighted by atomic mass is 10.2. The summed E-state index contributed by atoms with van der Waals surface area (Å²) in [6.45, 7) is 0.355. The maximum atomic E-state index is 6.16. The number of para-hydroxylation sites is 1. The molecule has 4 nitrogen and oxygen atoms in total. The van der Waals surface area contributed by atoms with Gasteiger partial charge in [0.05, 0.1) is 5.52 Å². The fraction of sp³-hybridized carbons (Fsp3) is 0.0714. The van der Waals surface area contributed by atoms with Gasteiger partial charge in [0, 0.05) is 5.56 Å². The fourth-order valence-electron chi connectivity index (χ4n) is 1.82. The van der Waals surface area contributed by atoms with Crippen LogP contribution in [0.3, 0.4) is 0 Å². The van der Waals surface area contributed by atoms with Crippen LogP contribution in [-0.2, 0) is 6.67 Å². The van der Waals surface area contributed by atoms with Gasteiger partial charge in [-0.25, -0.2) is 9.67 Å².